The molecule has 222 valence electrons. The van der Waals surface area contributed by atoms with E-state index in [1.807, 2.05) is 12.1 Å². The summed E-state index contributed by atoms with van der Waals surface area (Å²) in [4.78, 5) is 52.9. The van der Waals surface area contributed by atoms with E-state index in [1.54, 1.807) is 12.1 Å². The minimum Gasteiger partial charge on any atom is -0.288 e. The van der Waals surface area contributed by atoms with Crippen LogP contribution in [-0.2, 0) is 16.2 Å². The van der Waals surface area contributed by atoms with Crippen molar-refractivity contribution in [3.63, 3.8) is 0 Å². The van der Waals surface area contributed by atoms with Crippen molar-refractivity contribution in [2.45, 2.75) is 64.7 Å². The topological polar surface area (TPSA) is 89.0 Å². The number of H-pyrrole nitrogens is 1. The van der Waals surface area contributed by atoms with Crippen LogP contribution in [0, 0.1) is 0 Å². The molecule has 0 aliphatic rings. The largest absolute Gasteiger partial charge is 0.288 e. The van der Waals surface area contributed by atoms with Gasteiger partial charge in [0.2, 0.25) is 0 Å². The molecule has 6 aromatic rings. The lowest BCUT2D eigenvalue weighted by Crippen LogP contribution is -2.24. The first-order valence-corrected chi connectivity index (χ1v) is 14.9. The molecule has 0 fully saturated rings. The van der Waals surface area contributed by atoms with Crippen LogP contribution < -0.4 is 22.2 Å². The first-order chi connectivity index (χ1) is 20.6. The van der Waals surface area contributed by atoms with Crippen LogP contribution in [0.1, 0.15) is 76.3 Å². The number of rotatable bonds is 5. The maximum Gasteiger partial charge on any atom is 0.266 e. The highest BCUT2D eigenvalue weighted by Crippen LogP contribution is 2.36. The predicted octanol–water partition coefficient (Wildman–Crippen LogP) is 6.38. The lowest BCUT2D eigenvalue weighted by Gasteiger charge is -2.30. The van der Waals surface area contributed by atoms with Crippen molar-refractivity contribution in [3.05, 3.63) is 154 Å². The smallest absolute Gasteiger partial charge is 0.266 e. The van der Waals surface area contributed by atoms with Gasteiger partial charge in [0.1, 0.15) is 0 Å². The number of aromatic nitrogens is 2. The molecular weight excluding hydrogens is 548 g/mol. The molecule has 2 aromatic heterocycles. The van der Waals surface area contributed by atoms with Gasteiger partial charge < -0.3 is 0 Å². The molecule has 0 amide bonds. The normalized spacial score (nSPS) is 12.8. The van der Waals surface area contributed by atoms with Gasteiger partial charge >= 0.3 is 0 Å². The summed E-state index contributed by atoms with van der Waals surface area (Å²) in [5.41, 5.74) is 3.86. The number of hydrogen-bond donors (Lipinski definition) is 1. The third-order valence-corrected chi connectivity index (χ3v) is 9.39. The number of hydrogen-bond acceptors (Lipinski definition) is 4. The molecule has 0 atom stereocenters. The molecule has 4 aromatic carbocycles. The van der Waals surface area contributed by atoms with Crippen molar-refractivity contribution in [2.75, 3.05) is 0 Å². The Labute approximate surface area is 255 Å². The van der Waals surface area contributed by atoms with Crippen LogP contribution in [0.4, 0.5) is 0 Å². The molecule has 6 heteroatoms. The van der Waals surface area contributed by atoms with E-state index in [0.29, 0.717) is 5.69 Å². The highest BCUT2D eigenvalue weighted by Gasteiger charge is 2.27. The standard InChI is InChI=1S/C38H36N2O4/c1-36(2,3)22-8-10-23(11-9-22)37(4,5)24-12-14-25(15-13-24)38(6,7)26-16-18-27(19-17-26)40-34(43)30-20-28-29(21-31(30)35(40)44)33(42)39-32(28)41/h8-21H,1-7H3,(H,39,41,42). The number of nitrogens with one attached hydrogen (secondary N) is 1. The van der Waals surface area contributed by atoms with E-state index in [9.17, 15) is 19.2 Å². The molecule has 2 heterocycles. The Balaban J connectivity index is 1.30. The maximum atomic E-state index is 13.3. The van der Waals surface area contributed by atoms with E-state index < -0.39 is 22.2 Å². The third kappa shape index (κ3) is 4.57. The predicted molar refractivity (Wildman–Crippen MR) is 178 cm³/mol. The van der Waals surface area contributed by atoms with Crippen molar-refractivity contribution < 1.29 is 0 Å². The molecule has 0 aliphatic heterocycles. The monoisotopic (exact) mass is 584 g/mol. The molecule has 0 spiro atoms. The minimum atomic E-state index is -0.565. The highest BCUT2D eigenvalue weighted by atomic mass is 16.2. The Hall–Kier alpha value is -4.84. The summed E-state index contributed by atoms with van der Waals surface area (Å²) in [7, 11) is 0. The van der Waals surface area contributed by atoms with E-state index in [0.717, 1.165) is 15.7 Å². The first kappa shape index (κ1) is 29.2. The van der Waals surface area contributed by atoms with Gasteiger partial charge in [0.25, 0.3) is 22.2 Å². The van der Waals surface area contributed by atoms with E-state index >= 15 is 0 Å². The Kier molecular flexibility index (Phi) is 6.54. The van der Waals surface area contributed by atoms with Crippen LogP contribution >= 0.6 is 0 Å². The second-order valence-corrected chi connectivity index (χ2v) is 13.9. The Bertz CT molecular complexity index is 2170. The fourth-order valence-corrected chi connectivity index (χ4v) is 6.19. The molecular formula is C38H36N2O4. The van der Waals surface area contributed by atoms with Crippen molar-refractivity contribution in [2.24, 2.45) is 0 Å². The summed E-state index contributed by atoms with van der Waals surface area (Å²) in [6.07, 6.45) is 0. The lowest BCUT2D eigenvalue weighted by molar-refractivity contribution is 0.587. The van der Waals surface area contributed by atoms with Crippen LogP contribution in [0.25, 0.3) is 27.2 Å². The van der Waals surface area contributed by atoms with Gasteiger partial charge in [0.15, 0.2) is 0 Å². The van der Waals surface area contributed by atoms with E-state index in [2.05, 4.69) is 102 Å². The molecule has 6 rings (SSSR count). The fourth-order valence-electron chi connectivity index (χ4n) is 6.19. The molecule has 1 N–H and O–H groups in total. The summed E-state index contributed by atoms with van der Waals surface area (Å²) >= 11 is 0. The van der Waals surface area contributed by atoms with Crippen molar-refractivity contribution in [1.82, 2.24) is 9.55 Å². The SMILES string of the molecule is CC(C)(C)c1ccc(C(C)(C)c2ccc(C(C)(C)c3ccc(-n4c(=O)c5cc6c(=O)[nH]c(=O)c6cc5c4=O)cc3)cc2)cc1. The Morgan fingerprint density at radius 2 is 0.773 bits per heavy atom. The molecule has 0 bridgehead atoms. The number of nitrogens with zero attached hydrogens (tertiary/aromatic N) is 1. The van der Waals surface area contributed by atoms with Crippen LogP contribution in [-0.4, -0.2) is 9.55 Å². The molecule has 0 saturated heterocycles. The molecule has 0 unspecified atom stereocenters. The van der Waals surface area contributed by atoms with Crippen LogP contribution in [0.3, 0.4) is 0 Å². The first-order valence-electron chi connectivity index (χ1n) is 14.9. The summed E-state index contributed by atoms with van der Waals surface area (Å²) in [5.74, 6) is 0. The van der Waals surface area contributed by atoms with Crippen molar-refractivity contribution >= 4 is 21.5 Å². The molecule has 44 heavy (non-hydrogen) atoms. The highest BCUT2D eigenvalue weighted by molar-refractivity contribution is 5.97. The Morgan fingerprint density at radius 1 is 0.455 bits per heavy atom. The lowest BCUT2D eigenvalue weighted by atomic mass is 9.74. The van der Waals surface area contributed by atoms with Gasteiger partial charge in [-0.3, -0.25) is 24.2 Å². The zero-order valence-electron chi connectivity index (χ0n) is 26.2. The van der Waals surface area contributed by atoms with Crippen LogP contribution in [0.2, 0.25) is 0 Å². The fraction of sp³-hybridized carbons (Fsp3) is 0.263. The third-order valence-electron chi connectivity index (χ3n) is 9.39. The van der Waals surface area contributed by atoms with Gasteiger partial charge in [-0.05, 0) is 57.5 Å². The second-order valence-electron chi connectivity index (χ2n) is 13.9. The summed E-state index contributed by atoms with van der Waals surface area (Å²) < 4.78 is 1.10. The number of fused-ring (bicyclic) bond motifs is 2. The molecule has 0 saturated carbocycles. The van der Waals surface area contributed by atoms with E-state index in [4.69, 9.17) is 0 Å². The quantitative estimate of drug-likeness (QED) is 0.255. The van der Waals surface area contributed by atoms with E-state index in [1.165, 1.54) is 28.8 Å². The summed E-state index contributed by atoms with van der Waals surface area (Å²) in [5, 5.41) is 0.468. The van der Waals surface area contributed by atoms with Crippen LogP contribution in [0.5, 0.6) is 0 Å². The van der Waals surface area contributed by atoms with Gasteiger partial charge in [-0.2, -0.15) is 0 Å². The van der Waals surface area contributed by atoms with Crippen molar-refractivity contribution in [1.29, 1.82) is 0 Å². The average molecular weight is 585 g/mol. The maximum absolute atomic E-state index is 13.3. The molecule has 6 nitrogen and oxygen atoms in total. The van der Waals surface area contributed by atoms with Gasteiger partial charge in [0, 0.05) is 10.8 Å². The second kappa shape index (κ2) is 9.84. The number of aromatic amines is 1. The summed E-state index contributed by atoms with van der Waals surface area (Å²) in [6, 6.07) is 27.8. The Morgan fingerprint density at radius 3 is 1.11 bits per heavy atom. The average Bonchev–Trinajstić information content (AvgIpc) is 3.41. The van der Waals surface area contributed by atoms with Crippen molar-refractivity contribution in [3.8, 4) is 5.69 Å². The van der Waals surface area contributed by atoms with Gasteiger partial charge in [-0.15, -0.1) is 0 Å². The minimum absolute atomic E-state index is 0.111. The van der Waals surface area contributed by atoms with Gasteiger partial charge in [0.05, 0.1) is 27.2 Å². The van der Waals surface area contributed by atoms with Gasteiger partial charge in [-0.1, -0.05) is 109 Å². The summed E-state index contributed by atoms with van der Waals surface area (Å²) in [6.45, 7) is 15.5. The van der Waals surface area contributed by atoms with Gasteiger partial charge in [-0.25, -0.2) is 4.57 Å². The zero-order valence-corrected chi connectivity index (χ0v) is 26.2. The molecule has 0 aliphatic carbocycles. The van der Waals surface area contributed by atoms with Crippen LogP contribution in [0.15, 0.2) is 104 Å². The molecule has 0 radical (unpaired) electrons. The van der Waals surface area contributed by atoms with E-state index in [-0.39, 0.29) is 37.8 Å². The number of benzene rings is 4. The zero-order chi connectivity index (χ0) is 31.8.